The van der Waals surface area contributed by atoms with Crippen molar-refractivity contribution in [1.29, 1.82) is 0 Å². The van der Waals surface area contributed by atoms with Crippen LogP contribution in [-0.4, -0.2) is 41.9 Å². The van der Waals surface area contributed by atoms with E-state index in [2.05, 4.69) is 67.8 Å². The molecule has 51 heavy (non-hydrogen) atoms. The number of allylic oxidation sites excluding steroid dienone is 9. The van der Waals surface area contributed by atoms with Crippen molar-refractivity contribution in [1.82, 2.24) is 5.32 Å². The van der Waals surface area contributed by atoms with Gasteiger partial charge in [0.2, 0.25) is 5.91 Å². The molecule has 3 N–H and O–H groups in total. The van der Waals surface area contributed by atoms with Crippen molar-refractivity contribution in [2.75, 3.05) is 5.75 Å². The van der Waals surface area contributed by atoms with E-state index in [1.165, 1.54) is 96.3 Å². The van der Waals surface area contributed by atoms with Gasteiger partial charge in [-0.2, -0.15) is 8.42 Å². The second-order valence-electron chi connectivity index (χ2n) is 14.2. The fourth-order valence-corrected chi connectivity index (χ4v) is 6.82. The molecule has 0 saturated heterocycles. The van der Waals surface area contributed by atoms with Crippen LogP contribution in [0.1, 0.15) is 194 Å². The van der Waals surface area contributed by atoms with Gasteiger partial charge in [0.05, 0.1) is 17.9 Å². The first-order valence-corrected chi connectivity index (χ1v) is 22.6. The van der Waals surface area contributed by atoms with Crippen LogP contribution in [0.3, 0.4) is 0 Å². The van der Waals surface area contributed by atoms with E-state index in [0.717, 1.165) is 77.0 Å². The van der Waals surface area contributed by atoms with Crippen molar-refractivity contribution in [3.05, 3.63) is 60.8 Å². The molecule has 296 valence electrons. The summed E-state index contributed by atoms with van der Waals surface area (Å²) in [5, 5.41) is 13.2. The van der Waals surface area contributed by atoms with Crippen molar-refractivity contribution >= 4 is 16.0 Å². The third-order valence-corrected chi connectivity index (χ3v) is 9.98. The normalized spacial score (nSPS) is 13.9. The predicted molar refractivity (Wildman–Crippen MR) is 221 cm³/mol. The molecule has 0 aliphatic carbocycles. The van der Waals surface area contributed by atoms with Crippen LogP contribution in [0.5, 0.6) is 0 Å². The Morgan fingerprint density at radius 2 is 0.941 bits per heavy atom. The fraction of sp³-hybridized carbons (Fsp3) is 0.750. The molecular weight excluding hydrogens is 655 g/mol. The highest BCUT2D eigenvalue weighted by Crippen LogP contribution is 2.14. The molecule has 2 unspecified atom stereocenters. The maximum absolute atomic E-state index is 12.5. The molecule has 0 heterocycles. The monoisotopic (exact) mass is 734 g/mol. The molecule has 1 amide bonds. The Balaban J connectivity index is 3.88. The number of aliphatic hydroxyl groups is 1. The summed E-state index contributed by atoms with van der Waals surface area (Å²) in [6.45, 7) is 4.40. The Hall–Kier alpha value is -1.96. The Bertz CT molecular complexity index is 1030. The zero-order valence-corrected chi connectivity index (χ0v) is 33.8. The van der Waals surface area contributed by atoms with Gasteiger partial charge in [0.1, 0.15) is 0 Å². The van der Waals surface area contributed by atoms with E-state index in [-0.39, 0.29) is 12.3 Å². The van der Waals surface area contributed by atoms with Gasteiger partial charge in [-0.1, -0.05) is 190 Å². The van der Waals surface area contributed by atoms with Crippen molar-refractivity contribution in [3.63, 3.8) is 0 Å². The second-order valence-corrected chi connectivity index (χ2v) is 15.7. The molecule has 0 aliphatic heterocycles. The molecule has 0 bridgehead atoms. The van der Waals surface area contributed by atoms with Crippen LogP contribution in [-0.2, 0) is 14.9 Å². The number of carbonyl (C=O) groups excluding carboxylic acids is 1. The van der Waals surface area contributed by atoms with E-state index in [0.29, 0.717) is 0 Å². The number of aliphatic hydroxyl groups excluding tert-OH is 1. The molecule has 0 aromatic carbocycles. The summed E-state index contributed by atoms with van der Waals surface area (Å²) in [4.78, 5) is 12.5. The lowest BCUT2D eigenvalue weighted by Crippen LogP contribution is -2.46. The number of hydrogen-bond donors (Lipinski definition) is 3. The zero-order valence-electron chi connectivity index (χ0n) is 33.0. The summed E-state index contributed by atoms with van der Waals surface area (Å²) < 4.78 is 32.5. The lowest BCUT2D eigenvalue weighted by molar-refractivity contribution is -0.122. The van der Waals surface area contributed by atoms with Gasteiger partial charge in [-0.05, 0) is 57.8 Å². The Kier molecular flexibility index (Phi) is 36.3. The lowest BCUT2D eigenvalue weighted by atomic mass is 10.0. The average molecular weight is 734 g/mol. The Labute approximate surface area is 315 Å². The molecule has 2 atom stereocenters. The van der Waals surface area contributed by atoms with E-state index in [1.54, 1.807) is 6.08 Å². The molecule has 7 heteroatoms. The van der Waals surface area contributed by atoms with Crippen LogP contribution in [0.15, 0.2) is 60.8 Å². The minimum absolute atomic E-state index is 0.285. The Morgan fingerprint density at radius 3 is 1.39 bits per heavy atom. The first-order valence-electron chi connectivity index (χ1n) is 21.0. The lowest BCUT2D eigenvalue weighted by Gasteiger charge is -2.21. The second kappa shape index (κ2) is 37.8. The zero-order chi connectivity index (χ0) is 37.5. The van der Waals surface area contributed by atoms with E-state index >= 15 is 0 Å². The van der Waals surface area contributed by atoms with Crippen LogP contribution < -0.4 is 5.32 Å². The summed E-state index contributed by atoms with van der Waals surface area (Å²) in [5.74, 6) is -0.987. The van der Waals surface area contributed by atoms with Gasteiger partial charge in [0.15, 0.2) is 0 Å². The standard InChI is InChI=1S/C44H79NO5S/c1-3-5-7-9-11-13-15-17-18-19-20-21-22-23-24-25-26-28-30-32-34-36-38-40-44(47)45-42(41-51(48,49)50)43(46)39-37-35-33-31-29-27-16-14-12-10-8-6-4-2/h5,7,11,13,17-18,20-21,37,39,42-43,46H,3-4,6,8-10,12,14-16,19,22-36,38,40-41H2,1-2H3,(H,45,47)(H,48,49,50)/b7-5-,13-11-,18-17-,21-20-,39-37+. The third kappa shape index (κ3) is 39.1. The molecule has 0 rings (SSSR count). The average Bonchev–Trinajstić information content (AvgIpc) is 3.09. The summed E-state index contributed by atoms with van der Waals surface area (Å²) >= 11 is 0. The SMILES string of the molecule is CC/C=C\C/C=C\C/C=C\C/C=C\CCCCCCCCCCCCC(=O)NC(CS(=O)(=O)O)C(O)/C=C/CCCCCCCCCCCCC. The van der Waals surface area contributed by atoms with Crippen molar-refractivity contribution in [3.8, 4) is 0 Å². The number of carbonyl (C=O) groups is 1. The maximum Gasteiger partial charge on any atom is 0.267 e. The van der Waals surface area contributed by atoms with Gasteiger partial charge in [-0.15, -0.1) is 0 Å². The highest BCUT2D eigenvalue weighted by atomic mass is 32.2. The highest BCUT2D eigenvalue weighted by Gasteiger charge is 2.24. The molecular formula is C44H79NO5S. The van der Waals surface area contributed by atoms with Crippen LogP contribution in [0.4, 0.5) is 0 Å². The number of unbranched alkanes of at least 4 members (excludes halogenated alkanes) is 21. The summed E-state index contributed by atoms with van der Waals surface area (Å²) in [6, 6.07) is -1.06. The summed E-state index contributed by atoms with van der Waals surface area (Å²) in [6.07, 6.45) is 52.0. The highest BCUT2D eigenvalue weighted by molar-refractivity contribution is 7.85. The van der Waals surface area contributed by atoms with Crippen molar-refractivity contribution in [2.24, 2.45) is 0 Å². The first-order chi connectivity index (χ1) is 24.8. The van der Waals surface area contributed by atoms with Gasteiger partial charge < -0.3 is 10.4 Å². The minimum Gasteiger partial charge on any atom is -0.387 e. The maximum atomic E-state index is 12.5. The predicted octanol–water partition coefficient (Wildman–Crippen LogP) is 12.5. The molecule has 0 aromatic heterocycles. The number of rotatable bonds is 37. The molecule has 0 aromatic rings. The van der Waals surface area contributed by atoms with E-state index in [4.69, 9.17) is 0 Å². The van der Waals surface area contributed by atoms with Gasteiger partial charge in [-0.25, -0.2) is 0 Å². The van der Waals surface area contributed by atoms with Crippen LogP contribution >= 0.6 is 0 Å². The number of hydrogen-bond acceptors (Lipinski definition) is 4. The van der Waals surface area contributed by atoms with Crippen LogP contribution in [0.25, 0.3) is 0 Å². The first kappa shape index (κ1) is 49.0. The molecule has 0 aliphatic rings. The van der Waals surface area contributed by atoms with E-state index < -0.39 is 28.0 Å². The van der Waals surface area contributed by atoms with Crippen LogP contribution in [0.2, 0.25) is 0 Å². The van der Waals surface area contributed by atoms with Crippen molar-refractivity contribution < 1.29 is 22.9 Å². The largest absolute Gasteiger partial charge is 0.387 e. The molecule has 0 spiro atoms. The fourth-order valence-electron chi connectivity index (χ4n) is 6.09. The topological polar surface area (TPSA) is 104 Å². The van der Waals surface area contributed by atoms with Gasteiger partial charge in [0.25, 0.3) is 10.1 Å². The summed E-state index contributed by atoms with van der Waals surface area (Å²) in [5.41, 5.74) is 0. The van der Waals surface area contributed by atoms with Gasteiger partial charge in [0, 0.05) is 6.42 Å². The number of nitrogens with one attached hydrogen (secondary N) is 1. The smallest absolute Gasteiger partial charge is 0.267 e. The third-order valence-electron chi connectivity index (χ3n) is 9.20. The molecule has 0 radical (unpaired) electrons. The van der Waals surface area contributed by atoms with Crippen molar-refractivity contribution in [2.45, 2.75) is 206 Å². The van der Waals surface area contributed by atoms with E-state index in [1.807, 2.05) is 6.08 Å². The van der Waals surface area contributed by atoms with Gasteiger partial charge in [-0.3, -0.25) is 9.35 Å². The Morgan fingerprint density at radius 1 is 0.549 bits per heavy atom. The van der Waals surface area contributed by atoms with Gasteiger partial charge >= 0.3 is 0 Å². The molecule has 0 fully saturated rings. The molecule has 6 nitrogen and oxygen atoms in total. The number of amides is 1. The molecule has 0 saturated carbocycles. The summed E-state index contributed by atoms with van der Waals surface area (Å²) in [7, 11) is -4.35. The minimum atomic E-state index is -4.35. The van der Waals surface area contributed by atoms with E-state index in [9.17, 15) is 22.9 Å². The van der Waals surface area contributed by atoms with Crippen LogP contribution in [0, 0.1) is 0 Å². The quantitative estimate of drug-likeness (QED) is 0.0335.